The van der Waals surface area contributed by atoms with Gasteiger partial charge in [-0.05, 0) is 36.8 Å². The number of carbonyl (C=O) groups is 1. The Labute approximate surface area is 121 Å². The monoisotopic (exact) mass is 281 g/mol. The zero-order valence-electron chi connectivity index (χ0n) is 11.3. The Bertz CT molecular complexity index is 825. The fraction of sp³-hybridized carbons (Fsp3) is 0.0588. The maximum atomic E-state index is 13.5. The van der Waals surface area contributed by atoms with Crippen molar-refractivity contribution in [2.75, 3.05) is 0 Å². The van der Waals surface area contributed by atoms with Crippen molar-refractivity contribution in [3.05, 3.63) is 71.7 Å². The zero-order valence-corrected chi connectivity index (χ0v) is 11.3. The molecule has 0 saturated carbocycles. The zero-order chi connectivity index (χ0) is 14.8. The minimum atomic E-state index is -0.605. The van der Waals surface area contributed by atoms with E-state index in [0.29, 0.717) is 16.8 Å². The molecule has 1 heterocycles. The van der Waals surface area contributed by atoms with Gasteiger partial charge in [0.05, 0.1) is 5.56 Å². The lowest BCUT2D eigenvalue weighted by Gasteiger charge is -2.07. The van der Waals surface area contributed by atoms with Crippen LogP contribution in [0, 0.1) is 12.7 Å². The molecular formula is C17H12FNO2. The summed E-state index contributed by atoms with van der Waals surface area (Å²) in [7, 11) is 0. The van der Waals surface area contributed by atoms with Gasteiger partial charge < -0.3 is 4.74 Å². The summed E-state index contributed by atoms with van der Waals surface area (Å²) in [6, 6.07) is 13.3. The number of fused-ring (bicyclic) bond motifs is 1. The number of benzene rings is 2. The van der Waals surface area contributed by atoms with Crippen molar-refractivity contribution >= 4 is 16.9 Å². The van der Waals surface area contributed by atoms with E-state index in [1.54, 1.807) is 37.4 Å². The third-order valence-corrected chi connectivity index (χ3v) is 3.21. The first-order valence-corrected chi connectivity index (χ1v) is 6.47. The van der Waals surface area contributed by atoms with Crippen LogP contribution in [0.2, 0.25) is 0 Å². The van der Waals surface area contributed by atoms with Crippen LogP contribution >= 0.6 is 0 Å². The first-order valence-electron chi connectivity index (χ1n) is 6.47. The largest absolute Gasteiger partial charge is 0.421 e. The van der Waals surface area contributed by atoms with Crippen molar-refractivity contribution < 1.29 is 13.9 Å². The van der Waals surface area contributed by atoms with Crippen LogP contribution in [-0.2, 0) is 0 Å². The molecule has 0 atom stereocenters. The molecule has 0 spiro atoms. The number of halogens is 1. The van der Waals surface area contributed by atoms with Crippen LogP contribution in [0.15, 0.2) is 54.7 Å². The molecule has 0 fully saturated rings. The molecule has 3 nitrogen and oxygen atoms in total. The first kappa shape index (κ1) is 13.2. The Morgan fingerprint density at radius 2 is 1.95 bits per heavy atom. The number of esters is 1. The van der Waals surface area contributed by atoms with Crippen molar-refractivity contribution in [2.24, 2.45) is 0 Å². The third kappa shape index (κ3) is 2.60. The first-order chi connectivity index (χ1) is 10.1. The smallest absolute Gasteiger partial charge is 0.343 e. The Morgan fingerprint density at radius 1 is 1.14 bits per heavy atom. The fourth-order valence-corrected chi connectivity index (χ4v) is 2.04. The topological polar surface area (TPSA) is 39.2 Å². The summed E-state index contributed by atoms with van der Waals surface area (Å²) < 4.78 is 18.9. The van der Waals surface area contributed by atoms with Gasteiger partial charge in [0.1, 0.15) is 11.3 Å². The minimum Gasteiger partial charge on any atom is -0.421 e. The van der Waals surface area contributed by atoms with E-state index in [1.807, 2.05) is 18.2 Å². The van der Waals surface area contributed by atoms with E-state index >= 15 is 0 Å². The molecule has 0 N–H and O–H groups in total. The van der Waals surface area contributed by atoms with Gasteiger partial charge in [-0.3, -0.25) is 4.98 Å². The number of nitrogens with zero attached hydrogens (tertiary/aromatic N) is 1. The summed E-state index contributed by atoms with van der Waals surface area (Å²) in [5.41, 5.74) is 1.25. The van der Waals surface area contributed by atoms with E-state index < -0.39 is 11.8 Å². The second-order valence-corrected chi connectivity index (χ2v) is 4.68. The maximum Gasteiger partial charge on any atom is 0.343 e. The van der Waals surface area contributed by atoms with Gasteiger partial charge in [-0.1, -0.05) is 24.3 Å². The average molecular weight is 281 g/mol. The van der Waals surface area contributed by atoms with Gasteiger partial charge in [0.15, 0.2) is 5.75 Å². The Hall–Kier alpha value is -2.75. The molecule has 3 aromatic rings. The quantitative estimate of drug-likeness (QED) is 0.528. The molecule has 0 bridgehead atoms. The number of para-hydroxylation sites is 1. The highest BCUT2D eigenvalue weighted by Gasteiger charge is 2.12. The maximum absolute atomic E-state index is 13.5. The molecule has 0 unspecified atom stereocenters. The Morgan fingerprint density at radius 3 is 2.76 bits per heavy atom. The predicted molar refractivity (Wildman–Crippen MR) is 77.8 cm³/mol. The van der Waals surface area contributed by atoms with Gasteiger partial charge in [-0.2, -0.15) is 0 Å². The van der Waals surface area contributed by atoms with Crippen molar-refractivity contribution in [3.63, 3.8) is 0 Å². The van der Waals surface area contributed by atoms with Gasteiger partial charge in [0.2, 0.25) is 0 Å². The van der Waals surface area contributed by atoms with Crippen LogP contribution in [0.4, 0.5) is 4.39 Å². The molecule has 1 aromatic heterocycles. The van der Waals surface area contributed by atoms with Crippen LogP contribution in [0.1, 0.15) is 15.9 Å². The van der Waals surface area contributed by atoms with Crippen LogP contribution in [0.5, 0.6) is 5.75 Å². The summed E-state index contributed by atoms with van der Waals surface area (Å²) in [5.74, 6) is -0.674. The number of pyridine rings is 1. The molecule has 0 saturated heterocycles. The van der Waals surface area contributed by atoms with E-state index in [1.165, 1.54) is 6.07 Å². The standard InChI is InChI=1S/C17H12FNO2/c1-11-7-8-13(10-14(11)18)17(20)21-15-6-2-4-12-5-3-9-19-16(12)15/h2-10H,1H3. The SMILES string of the molecule is Cc1ccc(C(=O)Oc2cccc3cccnc23)cc1F. The lowest BCUT2D eigenvalue weighted by Crippen LogP contribution is -2.09. The molecule has 2 aromatic carbocycles. The summed E-state index contributed by atoms with van der Waals surface area (Å²) in [5, 5.41) is 0.873. The van der Waals surface area contributed by atoms with Crippen molar-refractivity contribution in [1.82, 2.24) is 4.98 Å². The highest BCUT2D eigenvalue weighted by Crippen LogP contribution is 2.24. The third-order valence-electron chi connectivity index (χ3n) is 3.21. The number of hydrogen-bond acceptors (Lipinski definition) is 3. The van der Waals surface area contributed by atoms with E-state index in [0.717, 1.165) is 5.39 Å². The van der Waals surface area contributed by atoms with Crippen LogP contribution in [-0.4, -0.2) is 11.0 Å². The van der Waals surface area contributed by atoms with Gasteiger partial charge in [0.25, 0.3) is 0 Å². The second kappa shape index (κ2) is 5.32. The molecular weight excluding hydrogens is 269 g/mol. The Balaban J connectivity index is 1.94. The second-order valence-electron chi connectivity index (χ2n) is 4.68. The van der Waals surface area contributed by atoms with Gasteiger partial charge in [-0.25, -0.2) is 9.18 Å². The van der Waals surface area contributed by atoms with Gasteiger partial charge in [-0.15, -0.1) is 0 Å². The number of rotatable bonds is 2. The molecule has 0 aliphatic rings. The average Bonchev–Trinajstić information content (AvgIpc) is 2.50. The molecule has 0 aliphatic heterocycles. The van der Waals surface area contributed by atoms with Crippen molar-refractivity contribution in [2.45, 2.75) is 6.92 Å². The summed E-state index contributed by atoms with van der Waals surface area (Å²) in [6.07, 6.45) is 1.63. The lowest BCUT2D eigenvalue weighted by molar-refractivity contribution is 0.0736. The summed E-state index contributed by atoms with van der Waals surface area (Å²) >= 11 is 0. The van der Waals surface area contributed by atoms with Crippen molar-refractivity contribution in [1.29, 1.82) is 0 Å². The molecule has 104 valence electrons. The fourth-order valence-electron chi connectivity index (χ4n) is 2.04. The van der Waals surface area contributed by atoms with E-state index in [-0.39, 0.29) is 5.56 Å². The summed E-state index contributed by atoms with van der Waals surface area (Å²) in [4.78, 5) is 16.3. The van der Waals surface area contributed by atoms with Gasteiger partial charge in [0, 0.05) is 11.6 Å². The van der Waals surface area contributed by atoms with E-state index in [2.05, 4.69) is 4.98 Å². The molecule has 0 amide bonds. The molecule has 4 heteroatoms. The van der Waals surface area contributed by atoms with Crippen LogP contribution < -0.4 is 4.74 Å². The van der Waals surface area contributed by atoms with E-state index in [4.69, 9.17) is 4.74 Å². The highest BCUT2D eigenvalue weighted by molar-refractivity contribution is 5.94. The molecule has 3 rings (SSSR count). The number of ether oxygens (including phenoxy) is 1. The van der Waals surface area contributed by atoms with Crippen molar-refractivity contribution in [3.8, 4) is 5.75 Å². The normalized spacial score (nSPS) is 10.6. The minimum absolute atomic E-state index is 0.172. The Kier molecular flexibility index (Phi) is 3.36. The molecule has 0 aliphatic carbocycles. The molecule has 21 heavy (non-hydrogen) atoms. The molecule has 0 radical (unpaired) electrons. The predicted octanol–water partition coefficient (Wildman–Crippen LogP) is 3.90. The van der Waals surface area contributed by atoms with Gasteiger partial charge >= 0.3 is 5.97 Å². The lowest BCUT2D eigenvalue weighted by atomic mass is 10.1. The number of aryl methyl sites for hydroxylation is 1. The summed E-state index contributed by atoms with van der Waals surface area (Å²) in [6.45, 7) is 1.64. The number of carbonyl (C=O) groups excluding carboxylic acids is 1. The number of hydrogen-bond donors (Lipinski definition) is 0. The van der Waals surface area contributed by atoms with Crippen LogP contribution in [0.25, 0.3) is 10.9 Å². The van der Waals surface area contributed by atoms with Crippen LogP contribution in [0.3, 0.4) is 0 Å². The highest BCUT2D eigenvalue weighted by atomic mass is 19.1. The number of aromatic nitrogens is 1. The van der Waals surface area contributed by atoms with E-state index in [9.17, 15) is 9.18 Å².